The molecular weight excluding hydrogens is 444 g/mol. The first kappa shape index (κ1) is 21.1. The van der Waals surface area contributed by atoms with Crippen molar-refractivity contribution in [2.75, 3.05) is 18.1 Å². The topological polar surface area (TPSA) is 60.2 Å². The van der Waals surface area contributed by atoms with E-state index in [0.717, 1.165) is 46.6 Å². The van der Waals surface area contributed by atoms with Crippen LogP contribution in [0.5, 0.6) is 0 Å². The highest BCUT2D eigenvalue weighted by Crippen LogP contribution is 2.36. The smallest absolute Gasteiger partial charge is 0.263 e. The van der Waals surface area contributed by atoms with E-state index < -0.39 is 0 Å². The van der Waals surface area contributed by atoms with E-state index in [-0.39, 0.29) is 12.0 Å². The monoisotopic (exact) mass is 466 g/mol. The van der Waals surface area contributed by atoms with Gasteiger partial charge in [0.25, 0.3) is 5.91 Å². The van der Waals surface area contributed by atoms with Crippen LogP contribution in [0, 0.1) is 13.8 Å². The third-order valence-electron chi connectivity index (χ3n) is 5.81. The van der Waals surface area contributed by atoms with Crippen LogP contribution in [0.25, 0.3) is 15.9 Å². The Morgan fingerprint density at radius 2 is 2.06 bits per heavy atom. The molecule has 1 aliphatic rings. The number of carbonyl (C=O) groups is 1. The molecule has 0 radical (unpaired) electrons. The number of aryl methyl sites for hydroxylation is 1. The Kier molecular flexibility index (Phi) is 5.71. The van der Waals surface area contributed by atoms with Crippen LogP contribution in [0.2, 0.25) is 5.02 Å². The first-order valence-electron chi connectivity index (χ1n) is 10.6. The summed E-state index contributed by atoms with van der Waals surface area (Å²) < 4.78 is 8.53. The van der Waals surface area contributed by atoms with Crippen LogP contribution in [0.15, 0.2) is 48.7 Å². The Morgan fingerprint density at radius 3 is 2.78 bits per heavy atom. The largest absolute Gasteiger partial charge is 0.376 e. The Balaban J connectivity index is 1.56. The summed E-state index contributed by atoms with van der Waals surface area (Å²) in [5.41, 5.74) is 4.11. The standard InChI is InChI=1S/C24H23ClN4O2S/c1-15-10-11-20(25)22-21(15)27-24(32-22)28(14-18-9-6-12-31-18)23(30)19-13-26-29(16(19)2)17-7-4-3-5-8-17/h3-5,7-8,10-11,13,18H,6,9,12,14H2,1-2H3. The number of hydrogen-bond donors (Lipinski definition) is 0. The molecule has 5 rings (SSSR count). The summed E-state index contributed by atoms with van der Waals surface area (Å²) in [5, 5.41) is 5.76. The predicted octanol–water partition coefficient (Wildman–Crippen LogP) is 5.58. The van der Waals surface area contributed by atoms with Crippen molar-refractivity contribution in [2.45, 2.75) is 32.8 Å². The molecule has 2 aromatic carbocycles. The number of hydrogen-bond acceptors (Lipinski definition) is 5. The third-order valence-corrected chi connectivity index (χ3v) is 7.35. The van der Waals surface area contributed by atoms with E-state index in [4.69, 9.17) is 21.3 Å². The van der Waals surface area contributed by atoms with Gasteiger partial charge in [-0.15, -0.1) is 0 Å². The van der Waals surface area contributed by atoms with Gasteiger partial charge in [0.15, 0.2) is 5.13 Å². The number of ether oxygens (including phenoxy) is 1. The van der Waals surface area contributed by atoms with Gasteiger partial charge in [-0.05, 0) is 50.5 Å². The zero-order valence-electron chi connectivity index (χ0n) is 17.9. The van der Waals surface area contributed by atoms with Gasteiger partial charge >= 0.3 is 0 Å². The molecule has 1 saturated heterocycles. The second kappa shape index (κ2) is 8.65. The molecular formula is C24H23ClN4O2S. The minimum atomic E-state index is -0.131. The Hall–Kier alpha value is -2.74. The van der Waals surface area contributed by atoms with E-state index in [1.165, 1.54) is 11.3 Å². The van der Waals surface area contributed by atoms with Crippen LogP contribution in [-0.4, -0.2) is 39.9 Å². The van der Waals surface area contributed by atoms with Crippen LogP contribution in [0.1, 0.15) is 34.5 Å². The molecule has 4 aromatic rings. The van der Waals surface area contributed by atoms with Crippen molar-refractivity contribution in [1.29, 1.82) is 0 Å². The molecule has 0 spiro atoms. The number of thiazole rings is 1. The zero-order chi connectivity index (χ0) is 22.2. The maximum atomic E-state index is 13.8. The maximum Gasteiger partial charge on any atom is 0.263 e. The highest BCUT2D eigenvalue weighted by molar-refractivity contribution is 7.23. The van der Waals surface area contributed by atoms with Gasteiger partial charge in [-0.2, -0.15) is 5.10 Å². The number of anilines is 1. The molecule has 1 atom stereocenters. The molecule has 1 fully saturated rings. The third kappa shape index (κ3) is 3.81. The van der Waals surface area contributed by atoms with Crippen molar-refractivity contribution in [3.63, 3.8) is 0 Å². The van der Waals surface area contributed by atoms with Gasteiger partial charge in [-0.3, -0.25) is 9.69 Å². The van der Waals surface area contributed by atoms with Gasteiger partial charge in [0, 0.05) is 6.61 Å². The van der Waals surface area contributed by atoms with Crippen molar-refractivity contribution in [1.82, 2.24) is 14.8 Å². The van der Waals surface area contributed by atoms with Crippen LogP contribution in [0.3, 0.4) is 0 Å². The van der Waals surface area contributed by atoms with E-state index in [1.807, 2.05) is 56.3 Å². The summed E-state index contributed by atoms with van der Waals surface area (Å²) in [4.78, 5) is 20.3. The Labute approximate surface area is 195 Å². The van der Waals surface area contributed by atoms with Crippen molar-refractivity contribution >= 4 is 44.2 Å². The van der Waals surface area contributed by atoms with Gasteiger partial charge in [0.1, 0.15) is 0 Å². The number of aromatic nitrogens is 3. The fourth-order valence-electron chi connectivity index (χ4n) is 4.04. The number of rotatable bonds is 5. The van der Waals surface area contributed by atoms with Crippen molar-refractivity contribution in [2.24, 2.45) is 0 Å². The Bertz CT molecular complexity index is 1240. The van der Waals surface area contributed by atoms with E-state index in [2.05, 4.69) is 5.10 Å². The molecule has 0 saturated carbocycles. The number of carbonyl (C=O) groups excluding carboxylic acids is 1. The Morgan fingerprint density at radius 1 is 1.25 bits per heavy atom. The molecule has 1 unspecified atom stereocenters. The van der Waals surface area contributed by atoms with E-state index in [0.29, 0.717) is 22.3 Å². The number of halogens is 1. The molecule has 6 nitrogen and oxygen atoms in total. The average molecular weight is 467 g/mol. The lowest BCUT2D eigenvalue weighted by Crippen LogP contribution is -2.37. The molecule has 1 aliphatic heterocycles. The summed E-state index contributed by atoms with van der Waals surface area (Å²) >= 11 is 7.88. The number of amides is 1. The molecule has 0 N–H and O–H groups in total. The molecule has 32 heavy (non-hydrogen) atoms. The average Bonchev–Trinajstić information content (AvgIpc) is 3.55. The summed E-state index contributed by atoms with van der Waals surface area (Å²) in [6, 6.07) is 13.6. The second-order valence-electron chi connectivity index (χ2n) is 7.98. The number of benzene rings is 2. The maximum absolute atomic E-state index is 13.8. The summed E-state index contributed by atoms with van der Waals surface area (Å²) in [6.45, 7) is 5.09. The van der Waals surface area contributed by atoms with E-state index in [9.17, 15) is 4.79 Å². The van der Waals surface area contributed by atoms with Crippen LogP contribution < -0.4 is 4.90 Å². The molecule has 0 aliphatic carbocycles. The summed E-state index contributed by atoms with van der Waals surface area (Å²) in [7, 11) is 0. The number of nitrogens with zero attached hydrogens (tertiary/aromatic N) is 4. The minimum Gasteiger partial charge on any atom is -0.376 e. The van der Waals surface area contributed by atoms with Crippen molar-refractivity contribution < 1.29 is 9.53 Å². The predicted molar refractivity (Wildman–Crippen MR) is 128 cm³/mol. The lowest BCUT2D eigenvalue weighted by molar-refractivity contribution is 0.0917. The quantitative estimate of drug-likeness (QED) is 0.385. The molecule has 0 bridgehead atoms. The fraction of sp³-hybridized carbons (Fsp3) is 0.292. The van der Waals surface area contributed by atoms with Gasteiger partial charge in [-0.1, -0.05) is 47.2 Å². The SMILES string of the molecule is Cc1ccc(Cl)c2sc(N(CC3CCCO3)C(=O)c3cnn(-c4ccccc4)c3C)nc12. The lowest BCUT2D eigenvalue weighted by Gasteiger charge is -2.23. The minimum absolute atomic E-state index is 0.00740. The molecule has 8 heteroatoms. The van der Waals surface area contributed by atoms with Crippen molar-refractivity contribution in [3.8, 4) is 5.69 Å². The van der Waals surface area contributed by atoms with Gasteiger partial charge < -0.3 is 4.74 Å². The number of para-hydroxylation sites is 1. The number of fused-ring (bicyclic) bond motifs is 1. The van der Waals surface area contributed by atoms with E-state index in [1.54, 1.807) is 15.8 Å². The molecule has 2 aromatic heterocycles. The van der Waals surface area contributed by atoms with Crippen LogP contribution in [0.4, 0.5) is 5.13 Å². The second-order valence-corrected chi connectivity index (χ2v) is 9.36. The molecule has 1 amide bonds. The van der Waals surface area contributed by atoms with Gasteiger partial charge in [0.05, 0.1) is 51.0 Å². The summed E-state index contributed by atoms with van der Waals surface area (Å²) in [6.07, 6.45) is 3.56. The van der Waals surface area contributed by atoms with Gasteiger partial charge in [0.2, 0.25) is 0 Å². The summed E-state index contributed by atoms with van der Waals surface area (Å²) in [5.74, 6) is -0.131. The molecule has 164 valence electrons. The van der Waals surface area contributed by atoms with Crippen LogP contribution in [-0.2, 0) is 4.74 Å². The van der Waals surface area contributed by atoms with Crippen LogP contribution >= 0.6 is 22.9 Å². The molecule has 3 heterocycles. The van der Waals surface area contributed by atoms with Crippen molar-refractivity contribution in [3.05, 3.63) is 70.5 Å². The fourth-order valence-corrected chi connectivity index (χ4v) is 5.36. The van der Waals surface area contributed by atoms with Gasteiger partial charge in [-0.25, -0.2) is 9.67 Å². The van der Waals surface area contributed by atoms with E-state index >= 15 is 0 Å². The zero-order valence-corrected chi connectivity index (χ0v) is 19.5. The first-order chi connectivity index (χ1) is 15.5. The highest BCUT2D eigenvalue weighted by atomic mass is 35.5. The normalized spacial score (nSPS) is 16.0. The first-order valence-corrected chi connectivity index (χ1v) is 11.8. The highest BCUT2D eigenvalue weighted by Gasteiger charge is 2.29. The lowest BCUT2D eigenvalue weighted by atomic mass is 10.2.